The van der Waals surface area contributed by atoms with E-state index >= 15 is 0 Å². The van der Waals surface area contributed by atoms with E-state index in [2.05, 4.69) is 6.92 Å². The Hall–Kier alpha value is -2.86. The lowest BCUT2D eigenvalue weighted by Gasteiger charge is -2.37. The highest BCUT2D eigenvalue weighted by Crippen LogP contribution is 2.34. The summed E-state index contributed by atoms with van der Waals surface area (Å²) in [6.07, 6.45) is 0.206. The molecule has 0 aliphatic carbocycles. The number of benzene rings is 2. The fraction of sp³-hybridized carbons (Fsp3) is 0.364. The van der Waals surface area contributed by atoms with Gasteiger partial charge >= 0.3 is 0 Å². The van der Waals surface area contributed by atoms with E-state index in [0.29, 0.717) is 43.3 Å². The van der Waals surface area contributed by atoms with Gasteiger partial charge in [-0.1, -0.05) is 31.2 Å². The first-order valence-electron chi connectivity index (χ1n) is 9.70. The summed E-state index contributed by atoms with van der Waals surface area (Å²) in [5, 5.41) is 0. The lowest BCUT2D eigenvalue weighted by Crippen LogP contribution is -2.54. The molecule has 2 aliphatic heterocycles. The van der Waals surface area contributed by atoms with Crippen LogP contribution in [0.15, 0.2) is 48.5 Å². The van der Waals surface area contributed by atoms with Crippen LogP contribution in [0.5, 0.6) is 5.75 Å². The Morgan fingerprint density at radius 2 is 1.75 bits per heavy atom. The predicted molar refractivity (Wildman–Crippen MR) is 106 cm³/mol. The van der Waals surface area contributed by atoms with Crippen molar-refractivity contribution in [2.75, 3.05) is 37.7 Å². The van der Waals surface area contributed by atoms with Crippen molar-refractivity contribution in [3.63, 3.8) is 0 Å². The second-order valence-electron chi connectivity index (χ2n) is 6.98. The molecule has 0 bridgehead atoms. The van der Waals surface area contributed by atoms with Crippen LogP contribution in [0.1, 0.15) is 22.8 Å². The first kappa shape index (κ1) is 18.5. The SMILES string of the molecule is CCc1ccc(C(=O)N2C[C@@H](C(=O)N3CCOCC3)Oc3ccccc32)cc1. The number of hydrogen-bond acceptors (Lipinski definition) is 4. The van der Waals surface area contributed by atoms with Crippen molar-refractivity contribution in [1.82, 2.24) is 4.90 Å². The van der Waals surface area contributed by atoms with Crippen LogP contribution in [0.2, 0.25) is 0 Å². The van der Waals surface area contributed by atoms with E-state index in [1.165, 1.54) is 5.56 Å². The Bertz CT molecular complexity index is 859. The van der Waals surface area contributed by atoms with Gasteiger partial charge in [0.25, 0.3) is 11.8 Å². The third-order valence-electron chi connectivity index (χ3n) is 5.23. The number of carbonyl (C=O) groups is 2. The van der Waals surface area contributed by atoms with Gasteiger partial charge in [0.2, 0.25) is 0 Å². The third kappa shape index (κ3) is 3.60. The van der Waals surface area contributed by atoms with E-state index in [1.807, 2.05) is 42.5 Å². The summed E-state index contributed by atoms with van der Waals surface area (Å²) in [6, 6.07) is 15.0. The van der Waals surface area contributed by atoms with Crippen molar-refractivity contribution in [2.45, 2.75) is 19.4 Å². The maximum absolute atomic E-state index is 13.2. The Labute approximate surface area is 164 Å². The molecule has 0 N–H and O–H groups in total. The smallest absolute Gasteiger partial charge is 0.265 e. The first-order valence-corrected chi connectivity index (χ1v) is 9.70. The minimum atomic E-state index is -0.716. The van der Waals surface area contributed by atoms with Gasteiger partial charge in [0.15, 0.2) is 6.10 Å². The van der Waals surface area contributed by atoms with Gasteiger partial charge in [-0.3, -0.25) is 9.59 Å². The van der Waals surface area contributed by atoms with Crippen LogP contribution < -0.4 is 9.64 Å². The van der Waals surface area contributed by atoms with Gasteiger partial charge in [0.05, 0.1) is 25.4 Å². The van der Waals surface area contributed by atoms with Crippen LogP contribution in [0.3, 0.4) is 0 Å². The zero-order valence-corrected chi connectivity index (χ0v) is 16.0. The van der Waals surface area contributed by atoms with Crippen LogP contribution in [0.4, 0.5) is 5.69 Å². The van der Waals surface area contributed by atoms with Gasteiger partial charge in [-0.05, 0) is 36.2 Å². The molecule has 0 aromatic heterocycles. The van der Waals surface area contributed by atoms with E-state index in [4.69, 9.17) is 9.47 Å². The minimum Gasteiger partial charge on any atom is -0.476 e. The summed E-state index contributed by atoms with van der Waals surface area (Å²) in [7, 11) is 0. The fourth-order valence-electron chi connectivity index (χ4n) is 3.58. The van der Waals surface area contributed by atoms with E-state index in [0.717, 1.165) is 6.42 Å². The second kappa shape index (κ2) is 8.02. The molecule has 6 heteroatoms. The van der Waals surface area contributed by atoms with Gasteiger partial charge in [0.1, 0.15) is 5.75 Å². The molecule has 0 saturated carbocycles. The molecular formula is C22H24N2O4. The molecule has 2 heterocycles. The van der Waals surface area contributed by atoms with Crippen LogP contribution in [-0.4, -0.2) is 55.7 Å². The van der Waals surface area contributed by atoms with E-state index < -0.39 is 6.10 Å². The molecule has 1 saturated heterocycles. The molecule has 2 aliphatic rings. The highest BCUT2D eigenvalue weighted by atomic mass is 16.5. The molecule has 4 rings (SSSR count). The molecule has 146 valence electrons. The number of nitrogens with zero attached hydrogens (tertiary/aromatic N) is 2. The number of amides is 2. The Balaban J connectivity index is 1.61. The molecule has 2 aromatic rings. The van der Waals surface area contributed by atoms with Crippen LogP contribution >= 0.6 is 0 Å². The van der Waals surface area contributed by atoms with E-state index in [-0.39, 0.29) is 18.4 Å². The topological polar surface area (TPSA) is 59.1 Å². The van der Waals surface area contributed by atoms with Gasteiger partial charge in [-0.2, -0.15) is 0 Å². The first-order chi connectivity index (χ1) is 13.7. The van der Waals surface area contributed by atoms with Gasteiger partial charge in [-0.25, -0.2) is 0 Å². The number of aryl methyl sites for hydroxylation is 1. The lowest BCUT2D eigenvalue weighted by molar-refractivity contribution is -0.142. The average Bonchev–Trinajstić information content (AvgIpc) is 2.78. The summed E-state index contributed by atoms with van der Waals surface area (Å²) in [4.78, 5) is 29.6. The van der Waals surface area contributed by atoms with Gasteiger partial charge in [0, 0.05) is 18.7 Å². The van der Waals surface area contributed by atoms with Crippen molar-refractivity contribution in [3.05, 3.63) is 59.7 Å². The summed E-state index contributed by atoms with van der Waals surface area (Å²) >= 11 is 0. The highest BCUT2D eigenvalue weighted by molar-refractivity contribution is 6.07. The molecule has 0 radical (unpaired) electrons. The van der Waals surface area contributed by atoms with Crippen molar-refractivity contribution >= 4 is 17.5 Å². The van der Waals surface area contributed by atoms with Crippen LogP contribution in [0.25, 0.3) is 0 Å². The molecule has 1 atom stereocenters. The largest absolute Gasteiger partial charge is 0.476 e. The van der Waals surface area contributed by atoms with Crippen molar-refractivity contribution in [1.29, 1.82) is 0 Å². The third-order valence-corrected chi connectivity index (χ3v) is 5.23. The molecular weight excluding hydrogens is 356 g/mol. The number of rotatable bonds is 3. The molecule has 0 unspecified atom stereocenters. The standard InChI is InChI=1S/C22H24N2O4/c1-2-16-7-9-17(10-8-16)21(25)24-15-20(22(26)23-11-13-27-14-12-23)28-19-6-4-3-5-18(19)24/h3-10,20H,2,11-15H2,1H3/t20-/m0/s1. The highest BCUT2D eigenvalue weighted by Gasteiger charge is 2.36. The number of hydrogen-bond donors (Lipinski definition) is 0. The normalized spacial score (nSPS) is 19.0. The monoisotopic (exact) mass is 380 g/mol. The molecule has 6 nitrogen and oxygen atoms in total. The average molecular weight is 380 g/mol. The quantitative estimate of drug-likeness (QED) is 0.821. The zero-order chi connectivity index (χ0) is 19.5. The molecule has 1 fully saturated rings. The van der Waals surface area contributed by atoms with Crippen LogP contribution in [-0.2, 0) is 16.0 Å². The molecule has 28 heavy (non-hydrogen) atoms. The molecule has 2 aromatic carbocycles. The van der Waals surface area contributed by atoms with Crippen molar-refractivity contribution < 1.29 is 19.1 Å². The van der Waals surface area contributed by atoms with E-state index in [9.17, 15) is 9.59 Å². The summed E-state index contributed by atoms with van der Waals surface area (Å²) in [5.74, 6) is 0.328. The zero-order valence-electron chi connectivity index (χ0n) is 16.0. The maximum atomic E-state index is 13.2. The molecule has 0 spiro atoms. The Kier molecular flexibility index (Phi) is 5.30. The van der Waals surface area contributed by atoms with Crippen LogP contribution in [0, 0.1) is 0 Å². The van der Waals surface area contributed by atoms with Gasteiger partial charge < -0.3 is 19.3 Å². The molecule has 2 amide bonds. The maximum Gasteiger partial charge on any atom is 0.265 e. The number of fused-ring (bicyclic) bond motifs is 1. The number of para-hydroxylation sites is 2. The van der Waals surface area contributed by atoms with Crippen molar-refractivity contribution in [3.8, 4) is 5.75 Å². The summed E-state index contributed by atoms with van der Waals surface area (Å²) in [5.41, 5.74) is 2.48. The fourth-order valence-corrected chi connectivity index (χ4v) is 3.58. The second-order valence-corrected chi connectivity index (χ2v) is 6.98. The number of ether oxygens (including phenoxy) is 2. The number of morpholine rings is 1. The van der Waals surface area contributed by atoms with Crippen molar-refractivity contribution in [2.24, 2.45) is 0 Å². The number of carbonyl (C=O) groups excluding carboxylic acids is 2. The summed E-state index contributed by atoms with van der Waals surface area (Å²) in [6.45, 7) is 4.43. The Morgan fingerprint density at radius 3 is 2.46 bits per heavy atom. The lowest BCUT2D eigenvalue weighted by atomic mass is 10.1. The predicted octanol–water partition coefficient (Wildman–Crippen LogP) is 2.52. The minimum absolute atomic E-state index is 0.100. The Morgan fingerprint density at radius 1 is 1.04 bits per heavy atom. The van der Waals surface area contributed by atoms with Gasteiger partial charge in [-0.15, -0.1) is 0 Å². The number of anilines is 1. The summed E-state index contributed by atoms with van der Waals surface area (Å²) < 4.78 is 11.3. The van der Waals surface area contributed by atoms with E-state index in [1.54, 1.807) is 15.9 Å².